The topological polar surface area (TPSA) is 76.5 Å². The number of benzene rings is 2. The second kappa shape index (κ2) is 10.9. The Kier molecular flexibility index (Phi) is 7.95. The van der Waals surface area contributed by atoms with E-state index in [0.717, 1.165) is 9.58 Å². The van der Waals surface area contributed by atoms with Crippen molar-refractivity contribution in [3.8, 4) is 0 Å². The number of anilines is 1. The zero-order valence-corrected chi connectivity index (χ0v) is 21.7. The van der Waals surface area contributed by atoms with Gasteiger partial charge >= 0.3 is 24.5 Å². The molecule has 226 valence electrons. The molecule has 0 bridgehead atoms. The SMILES string of the molecule is COC(=O)c1ccc([C@H](C)NC(=O)c2c(C(F)(F)F)nn3c2N(Cc2cc(C(F)(F)F)cc(C(F)(F)F)c2)CC3)cc1. The van der Waals surface area contributed by atoms with Crippen LogP contribution >= 0.6 is 0 Å². The van der Waals surface area contributed by atoms with Crippen molar-refractivity contribution in [1.29, 1.82) is 0 Å². The lowest BCUT2D eigenvalue weighted by molar-refractivity contribution is -0.143. The van der Waals surface area contributed by atoms with Crippen LogP contribution in [0.1, 0.15) is 61.6 Å². The summed E-state index contributed by atoms with van der Waals surface area (Å²) in [6.45, 7) is 0.451. The Morgan fingerprint density at radius 1 is 0.905 bits per heavy atom. The van der Waals surface area contributed by atoms with E-state index in [1.807, 2.05) is 0 Å². The van der Waals surface area contributed by atoms with E-state index in [9.17, 15) is 49.1 Å². The number of methoxy groups -OCH3 is 1. The van der Waals surface area contributed by atoms with Gasteiger partial charge in [-0.05, 0) is 48.4 Å². The normalized spacial score (nSPS) is 14.5. The molecule has 16 heteroatoms. The van der Waals surface area contributed by atoms with Crippen LogP contribution in [-0.2, 0) is 36.4 Å². The lowest BCUT2D eigenvalue weighted by Gasteiger charge is -2.22. The quantitative estimate of drug-likeness (QED) is 0.265. The maximum Gasteiger partial charge on any atom is 0.436 e. The van der Waals surface area contributed by atoms with Gasteiger partial charge < -0.3 is 15.0 Å². The van der Waals surface area contributed by atoms with Crippen LogP contribution in [0.4, 0.5) is 45.3 Å². The third kappa shape index (κ3) is 6.31. The van der Waals surface area contributed by atoms with Crippen molar-refractivity contribution in [2.75, 3.05) is 18.6 Å². The molecule has 0 spiro atoms. The Morgan fingerprint density at radius 2 is 1.48 bits per heavy atom. The lowest BCUT2D eigenvalue weighted by Crippen LogP contribution is -2.31. The smallest absolute Gasteiger partial charge is 0.436 e. The molecule has 4 rings (SSSR count). The van der Waals surface area contributed by atoms with Crippen LogP contribution in [-0.4, -0.2) is 35.3 Å². The second-order valence-electron chi connectivity index (χ2n) is 9.41. The first kappa shape index (κ1) is 30.7. The molecule has 0 saturated carbocycles. The summed E-state index contributed by atoms with van der Waals surface area (Å²) in [5.41, 5.74) is -5.54. The summed E-state index contributed by atoms with van der Waals surface area (Å²) in [5.74, 6) is -2.26. The van der Waals surface area contributed by atoms with Crippen molar-refractivity contribution in [1.82, 2.24) is 15.1 Å². The fourth-order valence-corrected chi connectivity index (χ4v) is 4.52. The number of carbonyl (C=O) groups is 2. The van der Waals surface area contributed by atoms with Gasteiger partial charge in [-0.15, -0.1) is 0 Å². The van der Waals surface area contributed by atoms with Gasteiger partial charge in [-0.25, -0.2) is 9.48 Å². The maximum atomic E-state index is 13.9. The zero-order chi connectivity index (χ0) is 31.2. The Morgan fingerprint density at radius 3 is 1.98 bits per heavy atom. The lowest BCUT2D eigenvalue weighted by atomic mass is 10.0. The van der Waals surface area contributed by atoms with Gasteiger partial charge in [-0.2, -0.15) is 44.6 Å². The number of rotatable bonds is 6. The minimum Gasteiger partial charge on any atom is -0.465 e. The van der Waals surface area contributed by atoms with E-state index in [1.165, 1.54) is 38.3 Å². The molecular weight excluding hydrogens is 587 g/mol. The molecule has 2 heterocycles. The van der Waals surface area contributed by atoms with Crippen LogP contribution < -0.4 is 10.2 Å². The van der Waals surface area contributed by atoms with Gasteiger partial charge in [0.05, 0.1) is 36.4 Å². The summed E-state index contributed by atoms with van der Waals surface area (Å²) < 4.78 is 127. The molecule has 0 fully saturated rings. The summed E-state index contributed by atoms with van der Waals surface area (Å²) in [4.78, 5) is 26.0. The van der Waals surface area contributed by atoms with E-state index in [0.29, 0.717) is 17.7 Å². The molecule has 1 amide bonds. The highest BCUT2D eigenvalue weighted by Crippen LogP contribution is 2.40. The number of nitrogens with one attached hydrogen (secondary N) is 1. The van der Waals surface area contributed by atoms with Crippen molar-refractivity contribution in [2.45, 2.75) is 44.6 Å². The second-order valence-corrected chi connectivity index (χ2v) is 9.41. The first-order valence-corrected chi connectivity index (χ1v) is 12.1. The number of hydrogen-bond donors (Lipinski definition) is 1. The molecule has 1 aromatic heterocycles. The molecule has 1 aliphatic rings. The maximum absolute atomic E-state index is 13.9. The highest BCUT2D eigenvalue weighted by atomic mass is 19.4. The van der Waals surface area contributed by atoms with E-state index < -0.39 is 76.8 Å². The largest absolute Gasteiger partial charge is 0.465 e. The van der Waals surface area contributed by atoms with Gasteiger partial charge in [0.15, 0.2) is 5.69 Å². The number of ether oxygens (including phenoxy) is 1. The Hall–Kier alpha value is -4.24. The first-order chi connectivity index (χ1) is 19.4. The minimum atomic E-state index is -5.12. The molecule has 0 saturated heterocycles. The van der Waals surface area contributed by atoms with Crippen LogP contribution in [0.5, 0.6) is 0 Å². The summed E-state index contributed by atoms with van der Waals surface area (Å²) >= 11 is 0. The molecule has 7 nitrogen and oxygen atoms in total. The molecule has 0 aliphatic carbocycles. The summed E-state index contributed by atoms with van der Waals surface area (Å²) in [6.07, 6.45) is -15.4. The third-order valence-corrected chi connectivity index (χ3v) is 6.50. The van der Waals surface area contributed by atoms with Crippen molar-refractivity contribution < 1.29 is 53.8 Å². The van der Waals surface area contributed by atoms with Crippen LogP contribution in [0.2, 0.25) is 0 Å². The van der Waals surface area contributed by atoms with Gasteiger partial charge in [0.1, 0.15) is 11.4 Å². The van der Waals surface area contributed by atoms with E-state index in [1.54, 1.807) is 0 Å². The van der Waals surface area contributed by atoms with E-state index in [-0.39, 0.29) is 24.7 Å². The number of nitrogens with zero attached hydrogens (tertiary/aromatic N) is 3. The average molecular weight is 608 g/mol. The first-order valence-electron chi connectivity index (χ1n) is 12.1. The standard InChI is InChI=1S/C26H21F9N4O3/c1-13(15-3-5-16(6-4-15)23(41)42-2)36-21(40)19-20(26(33,34)35)37-39-8-7-38(22(19)39)12-14-9-17(24(27,28)29)11-18(10-14)25(30,31)32/h3-6,9-11,13H,7-8,12H2,1-2H3,(H,36,40)/t13-/m0/s1. The van der Waals surface area contributed by atoms with Gasteiger partial charge in [-0.1, -0.05) is 12.1 Å². The van der Waals surface area contributed by atoms with E-state index in [2.05, 4.69) is 15.2 Å². The average Bonchev–Trinajstić information content (AvgIpc) is 3.47. The fourth-order valence-electron chi connectivity index (χ4n) is 4.52. The molecule has 0 radical (unpaired) electrons. The number of aromatic nitrogens is 2. The number of alkyl halides is 9. The zero-order valence-electron chi connectivity index (χ0n) is 21.7. The summed E-state index contributed by atoms with van der Waals surface area (Å²) in [7, 11) is 1.17. The Balaban J connectivity index is 1.69. The van der Waals surface area contributed by atoms with Crippen molar-refractivity contribution in [3.05, 3.63) is 81.5 Å². The fraction of sp³-hybridized carbons (Fsp3) is 0.346. The van der Waals surface area contributed by atoms with E-state index >= 15 is 0 Å². The predicted octanol–water partition coefficient (Wildman–Crippen LogP) is 6.24. The number of amides is 1. The van der Waals surface area contributed by atoms with Crippen molar-refractivity contribution in [3.63, 3.8) is 0 Å². The number of esters is 1. The van der Waals surface area contributed by atoms with Crippen LogP contribution in [0.15, 0.2) is 42.5 Å². The van der Waals surface area contributed by atoms with Crippen LogP contribution in [0.25, 0.3) is 0 Å². The molecule has 2 aromatic carbocycles. The number of hydrogen-bond acceptors (Lipinski definition) is 5. The minimum absolute atomic E-state index is 0.0581. The van der Waals surface area contributed by atoms with Crippen molar-refractivity contribution in [2.24, 2.45) is 0 Å². The summed E-state index contributed by atoms with van der Waals surface area (Å²) in [5, 5.41) is 5.90. The van der Waals surface area contributed by atoms with E-state index in [4.69, 9.17) is 0 Å². The molecule has 3 aromatic rings. The highest BCUT2D eigenvalue weighted by Gasteiger charge is 2.44. The number of fused-ring (bicyclic) bond motifs is 1. The molecule has 1 N–H and O–H groups in total. The monoisotopic (exact) mass is 608 g/mol. The molecule has 1 atom stereocenters. The van der Waals surface area contributed by atoms with Gasteiger partial charge in [0.25, 0.3) is 5.91 Å². The molecule has 0 unspecified atom stereocenters. The van der Waals surface area contributed by atoms with Gasteiger partial charge in [0.2, 0.25) is 0 Å². The van der Waals surface area contributed by atoms with Gasteiger partial charge in [-0.3, -0.25) is 4.79 Å². The van der Waals surface area contributed by atoms with Crippen molar-refractivity contribution >= 4 is 17.7 Å². The Bertz CT molecular complexity index is 1460. The molecule has 42 heavy (non-hydrogen) atoms. The third-order valence-electron chi connectivity index (χ3n) is 6.50. The number of carbonyl (C=O) groups excluding carboxylic acids is 2. The molecule has 1 aliphatic heterocycles. The highest BCUT2D eigenvalue weighted by molar-refractivity contribution is 6.01. The van der Waals surface area contributed by atoms with Crippen LogP contribution in [0.3, 0.4) is 0 Å². The summed E-state index contributed by atoms with van der Waals surface area (Å²) in [6, 6.07) is 5.66. The van der Waals surface area contributed by atoms with Crippen LogP contribution in [0, 0.1) is 0 Å². The molecular formula is C26H21F9N4O3. The predicted molar refractivity (Wildman–Crippen MR) is 128 cm³/mol. The number of halogens is 9. The van der Waals surface area contributed by atoms with Gasteiger partial charge in [0, 0.05) is 13.1 Å². The Labute approximate surface area is 231 Å².